The summed E-state index contributed by atoms with van der Waals surface area (Å²) in [5.74, 6) is 4.20. The molecule has 2 bridgehead atoms. The zero-order valence-corrected chi connectivity index (χ0v) is 40.7. The van der Waals surface area contributed by atoms with Crippen molar-refractivity contribution in [3.63, 3.8) is 0 Å². The Hall–Kier alpha value is -3.92. The van der Waals surface area contributed by atoms with E-state index in [0.29, 0.717) is 32.8 Å². The summed E-state index contributed by atoms with van der Waals surface area (Å²) < 4.78 is 27.0. The Morgan fingerprint density at radius 1 is 0.417 bits per heavy atom. The molecule has 1 atom stereocenters. The molecule has 1 aliphatic carbocycles. The van der Waals surface area contributed by atoms with Crippen molar-refractivity contribution in [3.8, 4) is 23.0 Å². The zero-order chi connectivity index (χ0) is 44.2. The van der Waals surface area contributed by atoms with Gasteiger partial charge < -0.3 is 18.9 Å². The van der Waals surface area contributed by atoms with Gasteiger partial charge in [0.25, 0.3) is 0 Å². The summed E-state index contributed by atoms with van der Waals surface area (Å²) in [7, 11) is 0. The Kier molecular flexibility index (Phi) is 14.9. The Labute approximate surface area is 366 Å². The monoisotopic (exact) mass is 817 g/mol. The molecule has 4 aromatic carbocycles. The van der Waals surface area contributed by atoms with Crippen LogP contribution in [0.1, 0.15) is 204 Å². The van der Waals surface area contributed by atoms with Crippen LogP contribution in [-0.2, 0) is 40.9 Å². The fraction of sp³-hybridized carbons (Fsp3) is 0.571. The number of hydrogen-bond donors (Lipinski definition) is 0. The predicted octanol–water partition coefficient (Wildman–Crippen LogP) is 14.9. The first kappa shape index (κ1) is 47.1. The van der Waals surface area contributed by atoms with Crippen LogP contribution in [0, 0.1) is 0 Å². The maximum absolute atomic E-state index is 7.01. The molecule has 0 saturated carbocycles. The lowest BCUT2D eigenvalue weighted by molar-refractivity contribution is 0.306. The molecular formula is C56H80O4. The standard InChI is InChI=1S/C56H80O4/c1-17-23-57-49-22-21-42(53(5,6)7)29-37(49)27-38-30-43(54(8,9)10)31-39(50(38)58-24-18-2)28-40-32-44(55(11,12)13)35-47(51(40)59-25-19-3)46-34-41-33-45(56(14,15)16)36-48(46)52(41)60-26-20-4/h21-22,29-33,35-36,46H,17-20,23-28,34H2,1-16H3. The van der Waals surface area contributed by atoms with Crippen LogP contribution in [0.5, 0.6) is 23.0 Å². The van der Waals surface area contributed by atoms with E-state index in [2.05, 4.69) is 165 Å². The van der Waals surface area contributed by atoms with Crippen molar-refractivity contribution in [3.05, 3.63) is 116 Å². The van der Waals surface area contributed by atoms with Crippen LogP contribution >= 0.6 is 0 Å². The molecule has 4 nitrogen and oxygen atoms in total. The number of ether oxygens (including phenoxy) is 4. The number of benzene rings is 4. The normalized spacial score (nSPS) is 14.4. The lowest BCUT2D eigenvalue weighted by Gasteiger charge is -2.28. The summed E-state index contributed by atoms with van der Waals surface area (Å²) in [6, 6.07) is 21.4. The first-order valence-corrected chi connectivity index (χ1v) is 23.3. The highest BCUT2D eigenvalue weighted by Gasteiger charge is 2.36. The number of rotatable bonds is 17. The van der Waals surface area contributed by atoms with Gasteiger partial charge in [0.15, 0.2) is 0 Å². The average Bonchev–Trinajstić information content (AvgIpc) is 3.35. The predicted molar refractivity (Wildman–Crippen MR) is 255 cm³/mol. The molecule has 0 saturated heterocycles. The molecule has 4 aromatic rings. The fourth-order valence-electron chi connectivity index (χ4n) is 8.25. The van der Waals surface area contributed by atoms with Gasteiger partial charge in [-0.15, -0.1) is 0 Å². The minimum absolute atomic E-state index is 0.0140. The fourth-order valence-corrected chi connectivity index (χ4v) is 8.25. The Balaban J connectivity index is 1.77. The largest absolute Gasteiger partial charge is 0.493 e. The highest BCUT2D eigenvalue weighted by molar-refractivity contribution is 5.62. The maximum Gasteiger partial charge on any atom is 0.126 e. The van der Waals surface area contributed by atoms with Crippen LogP contribution in [-0.4, -0.2) is 26.4 Å². The molecule has 5 rings (SSSR count). The SMILES string of the molecule is CCCOc1ccc(C(C)(C)C)cc1Cc1cc(C(C)(C)C)cc(Cc2cc(C(C)(C)C)cc(C3Cc4cc(C(C)(C)C)cc3c4OCCC)c2OCCC)c1OCCC. The van der Waals surface area contributed by atoms with E-state index in [1.165, 1.54) is 61.2 Å². The molecule has 0 aliphatic heterocycles. The third kappa shape index (κ3) is 11.1. The Bertz CT molecular complexity index is 2080. The second kappa shape index (κ2) is 19.0. The van der Waals surface area contributed by atoms with E-state index in [1.54, 1.807) is 0 Å². The van der Waals surface area contributed by atoms with Gasteiger partial charge in [0, 0.05) is 29.9 Å². The lowest BCUT2D eigenvalue weighted by atomic mass is 9.79. The highest BCUT2D eigenvalue weighted by Crippen LogP contribution is 2.51. The minimum atomic E-state index is -0.0744. The van der Waals surface area contributed by atoms with E-state index in [9.17, 15) is 0 Å². The van der Waals surface area contributed by atoms with Crippen molar-refractivity contribution in [2.24, 2.45) is 0 Å². The lowest BCUT2D eigenvalue weighted by Crippen LogP contribution is -2.17. The summed E-state index contributed by atoms with van der Waals surface area (Å²) in [5.41, 5.74) is 13.9. The van der Waals surface area contributed by atoms with E-state index in [4.69, 9.17) is 18.9 Å². The molecule has 0 aromatic heterocycles. The van der Waals surface area contributed by atoms with E-state index in [1.807, 2.05) is 0 Å². The van der Waals surface area contributed by atoms with Gasteiger partial charge in [0.1, 0.15) is 23.0 Å². The molecule has 328 valence electrons. The van der Waals surface area contributed by atoms with Gasteiger partial charge in [-0.3, -0.25) is 0 Å². The molecule has 1 aliphatic rings. The summed E-state index contributed by atoms with van der Waals surface area (Å²) in [6.45, 7) is 39.3. The molecule has 0 heterocycles. The van der Waals surface area contributed by atoms with Gasteiger partial charge in [0.05, 0.1) is 26.4 Å². The van der Waals surface area contributed by atoms with Crippen LogP contribution < -0.4 is 18.9 Å². The molecule has 4 heteroatoms. The molecule has 1 unspecified atom stereocenters. The molecule has 60 heavy (non-hydrogen) atoms. The highest BCUT2D eigenvalue weighted by atomic mass is 16.5. The van der Waals surface area contributed by atoms with Crippen LogP contribution in [0.4, 0.5) is 0 Å². The topological polar surface area (TPSA) is 36.9 Å². The van der Waals surface area contributed by atoms with E-state index < -0.39 is 0 Å². The van der Waals surface area contributed by atoms with Gasteiger partial charge in [-0.1, -0.05) is 159 Å². The van der Waals surface area contributed by atoms with Crippen molar-refractivity contribution in [1.29, 1.82) is 0 Å². The molecule has 0 fully saturated rings. The van der Waals surface area contributed by atoms with Crippen molar-refractivity contribution >= 4 is 0 Å². The van der Waals surface area contributed by atoms with Crippen molar-refractivity contribution < 1.29 is 18.9 Å². The Morgan fingerprint density at radius 3 is 1.30 bits per heavy atom. The van der Waals surface area contributed by atoms with Gasteiger partial charge in [-0.25, -0.2) is 0 Å². The van der Waals surface area contributed by atoms with Crippen LogP contribution in [0.25, 0.3) is 0 Å². The average molecular weight is 817 g/mol. The van der Waals surface area contributed by atoms with E-state index in [0.717, 1.165) is 61.5 Å². The molecule has 0 radical (unpaired) electrons. The second-order valence-electron chi connectivity index (χ2n) is 21.6. The van der Waals surface area contributed by atoms with Gasteiger partial charge in [0.2, 0.25) is 0 Å². The maximum atomic E-state index is 7.01. The van der Waals surface area contributed by atoms with Crippen molar-refractivity contribution in [2.45, 2.75) is 183 Å². The van der Waals surface area contributed by atoms with Crippen molar-refractivity contribution in [2.75, 3.05) is 26.4 Å². The molecule has 0 spiro atoms. The minimum Gasteiger partial charge on any atom is -0.493 e. The van der Waals surface area contributed by atoms with E-state index >= 15 is 0 Å². The summed E-state index contributed by atoms with van der Waals surface area (Å²) in [6.07, 6.45) is 6.13. The third-order valence-electron chi connectivity index (χ3n) is 11.9. The van der Waals surface area contributed by atoms with Crippen molar-refractivity contribution in [1.82, 2.24) is 0 Å². The van der Waals surface area contributed by atoms with Crippen LogP contribution in [0.2, 0.25) is 0 Å². The van der Waals surface area contributed by atoms with Gasteiger partial charge in [-0.2, -0.15) is 0 Å². The molecule has 0 amide bonds. The summed E-state index contributed by atoms with van der Waals surface area (Å²) >= 11 is 0. The first-order valence-electron chi connectivity index (χ1n) is 23.3. The quantitative estimate of drug-likeness (QED) is 0.106. The molecule has 0 N–H and O–H groups in total. The summed E-state index contributed by atoms with van der Waals surface area (Å²) in [4.78, 5) is 0. The van der Waals surface area contributed by atoms with E-state index in [-0.39, 0.29) is 27.6 Å². The van der Waals surface area contributed by atoms with Crippen LogP contribution in [0.3, 0.4) is 0 Å². The number of fused-ring (bicyclic) bond motifs is 2. The van der Waals surface area contributed by atoms with Crippen LogP contribution in [0.15, 0.2) is 54.6 Å². The third-order valence-corrected chi connectivity index (χ3v) is 11.9. The number of hydrogen-bond acceptors (Lipinski definition) is 4. The second-order valence-corrected chi connectivity index (χ2v) is 21.6. The van der Waals surface area contributed by atoms with Gasteiger partial charge in [-0.05, 0) is 110 Å². The first-order chi connectivity index (χ1) is 28.1. The Morgan fingerprint density at radius 2 is 0.800 bits per heavy atom. The zero-order valence-electron chi connectivity index (χ0n) is 40.7. The summed E-state index contributed by atoms with van der Waals surface area (Å²) in [5, 5.41) is 0. The molecular weight excluding hydrogens is 737 g/mol. The van der Waals surface area contributed by atoms with Gasteiger partial charge >= 0.3 is 0 Å². The smallest absolute Gasteiger partial charge is 0.126 e.